The van der Waals surface area contributed by atoms with Gasteiger partial charge in [-0.25, -0.2) is 4.39 Å². The molecule has 2 aromatic heterocycles. The third kappa shape index (κ3) is 5.81. The standard InChI is InChI=1S/C27H21ClFN5O5/c1-14-7-18(39-33-14)10-23(27(37)32-17-5-6-19(26(31)36)22(29)9-17)34-13-24(38-2)21(11-25(34)35)20-8-16(28)4-3-15(20)12-30/h3-9,11,13,23H,10H2,1-2H3,(H2,31,36)(H,32,37). The Balaban J connectivity index is 1.79. The third-order valence-corrected chi connectivity index (χ3v) is 6.10. The number of aryl methyl sites for hydroxylation is 1. The van der Waals surface area contributed by atoms with Crippen LogP contribution in [0.4, 0.5) is 10.1 Å². The molecule has 0 saturated heterocycles. The minimum Gasteiger partial charge on any atom is -0.495 e. The molecule has 3 N–H and O–H groups in total. The van der Waals surface area contributed by atoms with Crippen LogP contribution in [0.15, 0.2) is 64.0 Å². The summed E-state index contributed by atoms with van der Waals surface area (Å²) >= 11 is 6.13. The Hall–Kier alpha value is -4.95. The molecule has 2 heterocycles. The van der Waals surface area contributed by atoms with E-state index in [9.17, 15) is 24.0 Å². The second-order valence-electron chi connectivity index (χ2n) is 8.51. The highest BCUT2D eigenvalue weighted by Crippen LogP contribution is 2.33. The fraction of sp³-hybridized carbons (Fsp3) is 0.148. The number of nitrogens with one attached hydrogen (secondary N) is 1. The first kappa shape index (κ1) is 27.1. The van der Waals surface area contributed by atoms with Crippen LogP contribution in [-0.4, -0.2) is 28.6 Å². The average Bonchev–Trinajstić information content (AvgIpc) is 3.31. The average molecular weight is 550 g/mol. The van der Waals surface area contributed by atoms with Crippen LogP contribution in [0.25, 0.3) is 11.1 Å². The number of carbonyl (C=O) groups is 2. The van der Waals surface area contributed by atoms with Gasteiger partial charge in [0.05, 0.1) is 36.2 Å². The highest BCUT2D eigenvalue weighted by molar-refractivity contribution is 6.31. The van der Waals surface area contributed by atoms with Crippen molar-refractivity contribution in [1.29, 1.82) is 5.26 Å². The maximum Gasteiger partial charge on any atom is 0.252 e. The summed E-state index contributed by atoms with van der Waals surface area (Å²) in [7, 11) is 1.38. The maximum atomic E-state index is 14.3. The smallest absolute Gasteiger partial charge is 0.252 e. The van der Waals surface area contributed by atoms with Crippen molar-refractivity contribution in [2.75, 3.05) is 12.4 Å². The minimum atomic E-state index is -1.19. The molecular formula is C27H21ClFN5O5. The van der Waals surface area contributed by atoms with Crippen molar-refractivity contribution in [2.45, 2.75) is 19.4 Å². The highest BCUT2D eigenvalue weighted by atomic mass is 35.5. The number of nitrogens with two attached hydrogens (primary N) is 1. The van der Waals surface area contributed by atoms with Crippen LogP contribution >= 0.6 is 11.6 Å². The molecule has 0 aliphatic carbocycles. The van der Waals surface area contributed by atoms with Crippen LogP contribution < -0.4 is 21.3 Å². The van der Waals surface area contributed by atoms with E-state index in [-0.39, 0.29) is 29.0 Å². The topological polar surface area (TPSA) is 153 Å². The number of aromatic nitrogens is 2. The molecule has 4 rings (SSSR count). The number of anilines is 1. The van der Waals surface area contributed by atoms with Gasteiger partial charge >= 0.3 is 0 Å². The zero-order chi connectivity index (χ0) is 28.3. The van der Waals surface area contributed by atoms with Crippen LogP contribution in [0.1, 0.15) is 33.4 Å². The van der Waals surface area contributed by atoms with Gasteiger partial charge in [-0.1, -0.05) is 16.8 Å². The van der Waals surface area contributed by atoms with Gasteiger partial charge in [0.25, 0.3) is 11.5 Å². The van der Waals surface area contributed by atoms with Gasteiger partial charge in [0.2, 0.25) is 5.91 Å². The molecule has 1 unspecified atom stereocenters. The summed E-state index contributed by atoms with van der Waals surface area (Å²) < 4.78 is 26.2. The van der Waals surface area contributed by atoms with E-state index < -0.39 is 29.2 Å². The van der Waals surface area contributed by atoms with E-state index in [1.165, 1.54) is 37.6 Å². The summed E-state index contributed by atoms with van der Waals surface area (Å²) in [5.41, 5.74) is 5.76. The Labute approximate surface area is 226 Å². The summed E-state index contributed by atoms with van der Waals surface area (Å²) in [4.78, 5) is 38.2. The predicted octanol–water partition coefficient (Wildman–Crippen LogP) is 4.01. The first-order valence-corrected chi connectivity index (χ1v) is 11.8. The Kier molecular flexibility index (Phi) is 7.78. The number of ether oxygens (including phenoxy) is 1. The first-order valence-electron chi connectivity index (χ1n) is 11.4. The van der Waals surface area contributed by atoms with Gasteiger partial charge in [0, 0.05) is 40.4 Å². The number of hydrogen-bond acceptors (Lipinski definition) is 7. The number of amides is 2. The molecule has 0 bridgehead atoms. The quantitative estimate of drug-likeness (QED) is 0.336. The molecule has 12 heteroatoms. The van der Waals surface area contributed by atoms with Crippen molar-refractivity contribution in [3.05, 3.63) is 98.5 Å². The van der Waals surface area contributed by atoms with Crippen molar-refractivity contribution in [2.24, 2.45) is 5.73 Å². The SMILES string of the molecule is COc1cn(C(Cc2cc(C)no2)C(=O)Nc2ccc(C(N)=O)c(F)c2)c(=O)cc1-c1cc(Cl)ccc1C#N. The maximum absolute atomic E-state index is 14.3. The summed E-state index contributed by atoms with van der Waals surface area (Å²) in [6, 6.07) is 11.7. The molecule has 0 fully saturated rings. The van der Waals surface area contributed by atoms with Crippen molar-refractivity contribution < 1.29 is 23.2 Å². The molecule has 1 atom stereocenters. The third-order valence-electron chi connectivity index (χ3n) is 5.87. The largest absolute Gasteiger partial charge is 0.495 e. The molecule has 10 nitrogen and oxygen atoms in total. The van der Waals surface area contributed by atoms with Crippen LogP contribution in [-0.2, 0) is 11.2 Å². The lowest BCUT2D eigenvalue weighted by molar-refractivity contribution is -0.119. The lowest BCUT2D eigenvalue weighted by atomic mass is 10.00. The molecule has 0 aliphatic rings. The van der Waals surface area contributed by atoms with Crippen LogP contribution in [0.5, 0.6) is 5.75 Å². The number of nitrogens with zero attached hydrogens (tertiary/aromatic N) is 3. The second-order valence-corrected chi connectivity index (χ2v) is 8.94. The van der Waals surface area contributed by atoms with E-state index in [1.54, 1.807) is 19.1 Å². The van der Waals surface area contributed by atoms with E-state index >= 15 is 0 Å². The number of rotatable bonds is 8. The fourth-order valence-electron chi connectivity index (χ4n) is 4.02. The molecule has 2 amide bonds. The molecule has 0 saturated carbocycles. The summed E-state index contributed by atoms with van der Waals surface area (Å²) in [6.45, 7) is 1.70. The van der Waals surface area contributed by atoms with Crippen LogP contribution in [0, 0.1) is 24.1 Å². The molecule has 0 spiro atoms. The summed E-state index contributed by atoms with van der Waals surface area (Å²) in [6.07, 6.45) is 1.25. The molecule has 2 aromatic carbocycles. The van der Waals surface area contributed by atoms with E-state index in [0.29, 0.717) is 27.6 Å². The van der Waals surface area contributed by atoms with Crippen molar-refractivity contribution >= 4 is 29.1 Å². The van der Waals surface area contributed by atoms with Crippen molar-refractivity contribution in [3.63, 3.8) is 0 Å². The van der Waals surface area contributed by atoms with Gasteiger partial charge in [0.1, 0.15) is 23.4 Å². The summed E-state index contributed by atoms with van der Waals surface area (Å²) in [5.74, 6) is -2.05. The molecular weight excluding hydrogens is 529 g/mol. The zero-order valence-electron chi connectivity index (χ0n) is 20.7. The van der Waals surface area contributed by atoms with E-state index in [2.05, 4.69) is 16.5 Å². The molecule has 0 radical (unpaired) electrons. The van der Waals surface area contributed by atoms with Gasteiger partial charge in [-0.15, -0.1) is 0 Å². The van der Waals surface area contributed by atoms with Crippen LogP contribution in [0.3, 0.4) is 0 Å². The zero-order valence-corrected chi connectivity index (χ0v) is 21.5. The number of methoxy groups -OCH3 is 1. The van der Waals surface area contributed by atoms with Crippen LogP contribution in [0.2, 0.25) is 5.02 Å². The normalized spacial score (nSPS) is 11.5. The minimum absolute atomic E-state index is 0.0375. The van der Waals surface area contributed by atoms with Gasteiger partial charge in [-0.3, -0.25) is 19.0 Å². The number of carbonyl (C=O) groups excluding carboxylic acids is 2. The molecule has 0 aliphatic heterocycles. The summed E-state index contributed by atoms with van der Waals surface area (Å²) in [5, 5.41) is 16.3. The lowest BCUT2D eigenvalue weighted by Gasteiger charge is -2.21. The monoisotopic (exact) mass is 549 g/mol. The van der Waals surface area contributed by atoms with Gasteiger partial charge in [0.15, 0.2) is 0 Å². The number of pyridine rings is 1. The number of halogens is 2. The van der Waals surface area contributed by atoms with Gasteiger partial charge in [-0.2, -0.15) is 5.26 Å². The number of hydrogen-bond donors (Lipinski definition) is 2. The fourth-order valence-corrected chi connectivity index (χ4v) is 4.19. The number of benzene rings is 2. The molecule has 4 aromatic rings. The van der Waals surface area contributed by atoms with E-state index in [4.69, 9.17) is 26.6 Å². The van der Waals surface area contributed by atoms with Gasteiger partial charge in [-0.05, 0) is 43.3 Å². The first-order chi connectivity index (χ1) is 18.6. The van der Waals surface area contributed by atoms with Gasteiger partial charge < -0.3 is 20.3 Å². The molecule has 198 valence electrons. The van der Waals surface area contributed by atoms with Crippen molar-refractivity contribution in [3.8, 4) is 22.9 Å². The highest BCUT2D eigenvalue weighted by Gasteiger charge is 2.26. The Morgan fingerprint density at radius 1 is 1.23 bits per heavy atom. The van der Waals surface area contributed by atoms with Crippen molar-refractivity contribution in [1.82, 2.24) is 9.72 Å². The number of nitriles is 1. The Bertz CT molecular complexity index is 1690. The molecule has 39 heavy (non-hydrogen) atoms. The predicted molar refractivity (Wildman–Crippen MR) is 140 cm³/mol. The lowest BCUT2D eigenvalue weighted by Crippen LogP contribution is -2.34. The Morgan fingerprint density at radius 3 is 2.62 bits per heavy atom. The van der Waals surface area contributed by atoms with E-state index in [0.717, 1.165) is 16.7 Å². The Morgan fingerprint density at radius 2 is 2.00 bits per heavy atom. The second kappa shape index (κ2) is 11.2. The van der Waals surface area contributed by atoms with E-state index in [1.807, 2.05) is 0 Å². The number of primary amides is 1.